The molecule has 1 aliphatic heterocycles. The zero-order valence-corrected chi connectivity index (χ0v) is 12.2. The Hall–Kier alpha value is -1.44. The van der Waals surface area contributed by atoms with E-state index < -0.39 is 22.2 Å². The molecule has 20 heavy (non-hydrogen) atoms. The quantitative estimate of drug-likeness (QED) is 0.858. The lowest BCUT2D eigenvalue weighted by atomic mass is 9.96. The van der Waals surface area contributed by atoms with Crippen molar-refractivity contribution in [2.75, 3.05) is 0 Å². The van der Waals surface area contributed by atoms with Gasteiger partial charge in [-0.05, 0) is 25.0 Å². The molecule has 0 fully saturated rings. The summed E-state index contributed by atoms with van der Waals surface area (Å²) in [4.78, 5) is 11.4. The fourth-order valence-corrected chi connectivity index (χ4v) is 3.87. The molecule has 1 unspecified atom stereocenters. The summed E-state index contributed by atoms with van der Waals surface area (Å²) in [5.41, 5.74) is 1.73. The molecule has 0 saturated heterocycles. The largest absolute Gasteiger partial charge is 0.480 e. The van der Waals surface area contributed by atoms with Gasteiger partial charge in [-0.25, -0.2) is 0 Å². The maximum absolute atomic E-state index is 12.3. The van der Waals surface area contributed by atoms with Crippen molar-refractivity contribution < 1.29 is 18.3 Å². The average Bonchev–Trinajstić information content (AvgIpc) is 2.35. The Morgan fingerprint density at radius 3 is 2.50 bits per heavy atom. The highest BCUT2D eigenvalue weighted by Gasteiger charge is 2.38. The molecular formula is C13H18N2O4S. The predicted octanol–water partition coefficient (Wildman–Crippen LogP) is 0.741. The van der Waals surface area contributed by atoms with Crippen molar-refractivity contribution in [3.05, 3.63) is 35.4 Å². The van der Waals surface area contributed by atoms with Gasteiger partial charge in [0.25, 0.3) is 10.2 Å². The van der Waals surface area contributed by atoms with Gasteiger partial charge in [0.2, 0.25) is 0 Å². The topological polar surface area (TPSA) is 86.7 Å². The Kier molecular flexibility index (Phi) is 4.12. The minimum Gasteiger partial charge on any atom is -0.480 e. The van der Waals surface area contributed by atoms with Gasteiger partial charge in [-0.2, -0.15) is 17.4 Å². The molecule has 0 aliphatic carbocycles. The summed E-state index contributed by atoms with van der Waals surface area (Å²) in [7, 11) is -3.82. The summed E-state index contributed by atoms with van der Waals surface area (Å²) in [6.07, 6.45) is 0.185. The monoisotopic (exact) mass is 298 g/mol. The standard InChI is InChI=1S/C13H18N2O4S/c1-9(2)14-20(18,19)15-8-11-6-4-3-5-10(11)7-12(15)13(16)17/h3-6,9,12,14H,7-8H2,1-2H3,(H,16,17). The fourth-order valence-electron chi connectivity index (χ4n) is 2.33. The van der Waals surface area contributed by atoms with Crippen molar-refractivity contribution in [1.82, 2.24) is 9.03 Å². The smallest absolute Gasteiger partial charge is 0.322 e. The number of aliphatic carboxylic acids is 1. The van der Waals surface area contributed by atoms with Crippen LogP contribution in [0.5, 0.6) is 0 Å². The predicted molar refractivity (Wildman–Crippen MR) is 74.3 cm³/mol. The van der Waals surface area contributed by atoms with Gasteiger partial charge in [-0.3, -0.25) is 4.79 Å². The number of carboxylic acids is 1. The Bertz CT molecular complexity index is 613. The molecule has 1 aromatic carbocycles. The van der Waals surface area contributed by atoms with Gasteiger partial charge >= 0.3 is 5.97 Å². The van der Waals surface area contributed by atoms with E-state index in [4.69, 9.17) is 0 Å². The minimum absolute atomic E-state index is 0.0786. The van der Waals surface area contributed by atoms with E-state index in [2.05, 4.69) is 4.72 Å². The second-order valence-electron chi connectivity index (χ2n) is 5.15. The van der Waals surface area contributed by atoms with Gasteiger partial charge in [-0.1, -0.05) is 24.3 Å². The molecule has 0 radical (unpaired) electrons. The minimum atomic E-state index is -3.82. The van der Waals surface area contributed by atoms with Gasteiger partial charge in [0.15, 0.2) is 0 Å². The molecule has 0 aromatic heterocycles. The maximum Gasteiger partial charge on any atom is 0.322 e. The van der Waals surface area contributed by atoms with E-state index in [0.29, 0.717) is 0 Å². The third-order valence-electron chi connectivity index (χ3n) is 3.18. The normalized spacial score (nSPS) is 19.9. The number of carboxylic acid groups (broad SMARTS) is 1. The van der Waals surface area contributed by atoms with Gasteiger partial charge < -0.3 is 5.11 Å². The first-order valence-electron chi connectivity index (χ1n) is 6.40. The van der Waals surface area contributed by atoms with Gasteiger partial charge in [-0.15, -0.1) is 0 Å². The van der Waals surface area contributed by atoms with Crippen LogP contribution in [-0.2, 0) is 28.0 Å². The van der Waals surface area contributed by atoms with E-state index in [0.717, 1.165) is 15.4 Å². The van der Waals surface area contributed by atoms with Crippen molar-refractivity contribution in [1.29, 1.82) is 0 Å². The molecule has 0 amide bonds. The highest BCUT2D eigenvalue weighted by atomic mass is 32.2. The molecule has 1 aromatic rings. The van der Waals surface area contributed by atoms with Crippen LogP contribution in [0.3, 0.4) is 0 Å². The molecule has 0 bridgehead atoms. The second kappa shape index (κ2) is 5.51. The lowest BCUT2D eigenvalue weighted by molar-refractivity contribution is -0.141. The summed E-state index contributed by atoms with van der Waals surface area (Å²) in [6.45, 7) is 3.48. The van der Waals surface area contributed by atoms with Gasteiger partial charge in [0.1, 0.15) is 6.04 Å². The molecule has 6 nitrogen and oxygen atoms in total. The molecule has 1 heterocycles. The van der Waals surface area contributed by atoms with Crippen molar-refractivity contribution in [2.24, 2.45) is 0 Å². The van der Waals surface area contributed by atoms with Gasteiger partial charge in [0.05, 0.1) is 0 Å². The maximum atomic E-state index is 12.3. The van der Waals surface area contributed by atoms with Crippen molar-refractivity contribution in [3.63, 3.8) is 0 Å². The lowest BCUT2D eigenvalue weighted by Crippen LogP contribution is -2.53. The number of hydrogen-bond acceptors (Lipinski definition) is 3. The Labute approximate surface area is 118 Å². The van der Waals surface area contributed by atoms with Crippen LogP contribution in [0.2, 0.25) is 0 Å². The van der Waals surface area contributed by atoms with Crippen LogP contribution >= 0.6 is 0 Å². The third kappa shape index (κ3) is 3.00. The van der Waals surface area contributed by atoms with E-state index in [1.165, 1.54) is 0 Å². The van der Waals surface area contributed by atoms with E-state index >= 15 is 0 Å². The van der Waals surface area contributed by atoms with Crippen LogP contribution in [0.1, 0.15) is 25.0 Å². The van der Waals surface area contributed by atoms with Gasteiger partial charge in [0, 0.05) is 19.0 Å². The first-order valence-corrected chi connectivity index (χ1v) is 7.84. The number of carbonyl (C=O) groups is 1. The number of nitrogens with one attached hydrogen (secondary N) is 1. The zero-order valence-electron chi connectivity index (χ0n) is 11.4. The van der Waals surface area contributed by atoms with E-state index in [1.807, 2.05) is 24.3 Å². The summed E-state index contributed by atoms with van der Waals surface area (Å²) < 4.78 is 28.0. The summed E-state index contributed by atoms with van der Waals surface area (Å²) >= 11 is 0. The number of rotatable bonds is 4. The first kappa shape index (κ1) is 15.0. The SMILES string of the molecule is CC(C)NS(=O)(=O)N1Cc2ccccc2CC1C(=O)O. The number of nitrogens with zero attached hydrogens (tertiary/aromatic N) is 1. The van der Waals surface area contributed by atoms with Crippen molar-refractivity contribution in [3.8, 4) is 0 Å². The number of benzene rings is 1. The second-order valence-corrected chi connectivity index (χ2v) is 6.80. The molecule has 1 aliphatic rings. The molecule has 2 rings (SSSR count). The number of fused-ring (bicyclic) bond motifs is 1. The Morgan fingerprint density at radius 1 is 1.35 bits per heavy atom. The highest BCUT2D eigenvalue weighted by Crippen LogP contribution is 2.25. The molecule has 7 heteroatoms. The van der Waals surface area contributed by atoms with E-state index in [1.54, 1.807) is 13.8 Å². The van der Waals surface area contributed by atoms with E-state index in [-0.39, 0.29) is 19.0 Å². The molecule has 0 saturated carbocycles. The third-order valence-corrected chi connectivity index (χ3v) is 4.95. The lowest BCUT2D eigenvalue weighted by Gasteiger charge is -2.33. The van der Waals surface area contributed by atoms with Crippen molar-refractivity contribution in [2.45, 2.75) is 38.9 Å². The Morgan fingerprint density at radius 2 is 1.95 bits per heavy atom. The van der Waals surface area contributed by atoms with E-state index in [9.17, 15) is 18.3 Å². The van der Waals surface area contributed by atoms with Crippen LogP contribution in [-0.4, -0.2) is 35.9 Å². The van der Waals surface area contributed by atoms with Crippen LogP contribution in [0, 0.1) is 0 Å². The molecular weight excluding hydrogens is 280 g/mol. The van der Waals surface area contributed by atoms with Crippen molar-refractivity contribution >= 4 is 16.2 Å². The summed E-state index contributed by atoms with van der Waals surface area (Å²) in [6, 6.07) is 5.96. The molecule has 0 spiro atoms. The first-order chi connectivity index (χ1) is 9.31. The summed E-state index contributed by atoms with van der Waals surface area (Å²) in [5.74, 6) is -1.13. The summed E-state index contributed by atoms with van der Waals surface area (Å²) in [5, 5.41) is 9.30. The molecule has 110 valence electrons. The fraction of sp³-hybridized carbons (Fsp3) is 0.462. The van der Waals surface area contributed by atoms with Crippen LogP contribution in [0.25, 0.3) is 0 Å². The molecule has 1 atom stereocenters. The van der Waals surface area contributed by atoms with Crippen LogP contribution in [0.4, 0.5) is 0 Å². The Balaban J connectivity index is 2.39. The zero-order chi connectivity index (χ0) is 14.9. The van der Waals surface area contributed by atoms with Crippen LogP contribution < -0.4 is 4.72 Å². The number of hydrogen-bond donors (Lipinski definition) is 2. The molecule has 2 N–H and O–H groups in total. The average molecular weight is 298 g/mol. The van der Waals surface area contributed by atoms with Crippen LogP contribution in [0.15, 0.2) is 24.3 Å². The highest BCUT2D eigenvalue weighted by molar-refractivity contribution is 7.87.